The summed E-state index contributed by atoms with van der Waals surface area (Å²) in [6.07, 6.45) is 1.17. The molecule has 3 heterocycles. The number of nitrogens with two attached hydrogens (primary N) is 1. The monoisotopic (exact) mass is 443 g/mol. The van der Waals surface area contributed by atoms with Gasteiger partial charge in [0.25, 0.3) is 0 Å². The summed E-state index contributed by atoms with van der Waals surface area (Å²) in [6.45, 7) is 4.20. The number of benzene rings is 1. The summed E-state index contributed by atoms with van der Waals surface area (Å²) >= 11 is 0. The summed E-state index contributed by atoms with van der Waals surface area (Å²) in [5.74, 6) is -0.241. The SMILES string of the molecule is NC(=O)C1CCN(c2ccc(Nc3nc(N4CCNCC4)ccc3[N+](=O)[O-])cc2F)CC1. The Balaban J connectivity index is 1.53. The van der Waals surface area contributed by atoms with Crippen molar-refractivity contribution in [1.29, 1.82) is 0 Å². The van der Waals surface area contributed by atoms with Crippen molar-refractivity contribution >= 4 is 34.6 Å². The van der Waals surface area contributed by atoms with Crippen molar-refractivity contribution in [3.8, 4) is 0 Å². The van der Waals surface area contributed by atoms with E-state index in [0.29, 0.717) is 43.1 Å². The number of primary amides is 1. The number of pyridine rings is 1. The van der Waals surface area contributed by atoms with E-state index in [1.165, 1.54) is 12.1 Å². The number of hydrogen-bond acceptors (Lipinski definition) is 8. The van der Waals surface area contributed by atoms with Gasteiger partial charge in [-0.15, -0.1) is 0 Å². The van der Waals surface area contributed by atoms with Gasteiger partial charge in [-0.2, -0.15) is 0 Å². The van der Waals surface area contributed by atoms with E-state index in [2.05, 4.69) is 15.6 Å². The summed E-state index contributed by atoms with van der Waals surface area (Å²) in [6, 6.07) is 7.66. The molecule has 2 saturated heterocycles. The third kappa shape index (κ3) is 4.72. The molecule has 2 aliphatic heterocycles. The first-order valence-electron chi connectivity index (χ1n) is 10.6. The summed E-state index contributed by atoms with van der Waals surface area (Å²) in [5.41, 5.74) is 5.98. The molecule has 170 valence electrons. The van der Waals surface area contributed by atoms with Crippen LogP contribution >= 0.6 is 0 Å². The number of carbonyl (C=O) groups excluding carboxylic acids is 1. The molecule has 0 bridgehead atoms. The molecule has 1 aromatic heterocycles. The van der Waals surface area contributed by atoms with Crippen LogP contribution in [0.3, 0.4) is 0 Å². The molecule has 2 aliphatic rings. The second-order valence-corrected chi connectivity index (χ2v) is 7.99. The standard InChI is InChI=1S/C21H26FN7O3/c22-16-13-15(1-2-17(16)27-9-5-14(6-10-27)20(23)30)25-21-18(29(31)32)3-4-19(26-21)28-11-7-24-8-12-28/h1-4,13-14,24H,5-12H2,(H2,23,30)(H,25,26). The van der Waals surface area contributed by atoms with E-state index in [4.69, 9.17) is 5.73 Å². The average Bonchev–Trinajstić information content (AvgIpc) is 2.79. The smallest absolute Gasteiger partial charge is 0.311 e. The van der Waals surface area contributed by atoms with Gasteiger partial charge in [-0.3, -0.25) is 14.9 Å². The lowest BCUT2D eigenvalue weighted by Crippen LogP contribution is -2.43. The van der Waals surface area contributed by atoms with Gasteiger partial charge in [0.2, 0.25) is 11.7 Å². The Bertz CT molecular complexity index is 1000. The van der Waals surface area contributed by atoms with Crippen molar-refractivity contribution in [1.82, 2.24) is 10.3 Å². The van der Waals surface area contributed by atoms with E-state index >= 15 is 0 Å². The van der Waals surface area contributed by atoms with Gasteiger partial charge in [0.05, 0.1) is 10.6 Å². The lowest BCUT2D eigenvalue weighted by Gasteiger charge is -2.32. The van der Waals surface area contributed by atoms with E-state index in [9.17, 15) is 19.3 Å². The van der Waals surface area contributed by atoms with Gasteiger partial charge in [0.15, 0.2) is 0 Å². The molecule has 0 spiro atoms. The molecule has 1 aromatic carbocycles. The zero-order valence-corrected chi connectivity index (χ0v) is 17.6. The number of hydrogen-bond donors (Lipinski definition) is 3. The number of carbonyl (C=O) groups is 1. The Morgan fingerprint density at radius 2 is 1.88 bits per heavy atom. The van der Waals surface area contributed by atoms with Crippen LogP contribution in [0.25, 0.3) is 0 Å². The molecule has 2 fully saturated rings. The number of nitrogens with one attached hydrogen (secondary N) is 2. The van der Waals surface area contributed by atoms with Crippen LogP contribution in [0.4, 0.5) is 33.1 Å². The number of nitrogens with zero attached hydrogens (tertiary/aromatic N) is 4. The molecule has 10 nitrogen and oxygen atoms in total. The summed E-state index contributed by atoms with van der Waals surface area (Å²) in [4.78, 5) is 30.7. The largest absolute Gasteiger partial charge is 0.369 e. The molecule has 4 rings (SSSR count). The molecule has 4 N–H and O–H groups in total. The average molecular weight is 443 g/mol. The first-order chi connectivity index (χ1) is 15.4. The van der Waals surface area contributed by atoms with Crippen LogP contribution in [0.5, 0.6) is 0 Å². The number of rotatable bonds is 6. The molecule has 2 aromatic rings. The molecule has 1 amide bonds. The maximum atomic E-state index is 14.9. The predicted molar refractivity (Wildman–Crippen MR) is 120 cm³/mol. The first-order valence-corrected chi connectivity index (χ1v) is 10.6. The summed E-state index contributed by atoms with van der Waals surface area (Å²) < 4.78 is 14.9. The summed E-state index contributed by atoms with van der Waals surface area (Å²) in [5, 5.41) is 17.7. The second kappa shape index (κ2) is 9.35. The molecule has 0 radical (unpaired) electrons. The topological polar surface area (TPSA) is 130 Å². The molecule has 32 heavy (non-hydrogen) atoms. The third-order valence-electron chi connectivity index (χ3n) is 5.95. The third-order valence-corrected chi connectivity index (χ3v) is 5.95. The summed E-state index contributed by atoms with van der Waals surface area (Å²) in [7, 11) is 0. The highest BCUT2D eigenvalue weighted by Gasteiger charge is 2.25. The van der Waals surface area contributed by atoms with Crippen LogP contribution in [-0.2, 0) is 4.79 Å². The molecule has 0 aliphatic carbocycles. The number of nitro groups is 1. The Morgan fingerprint density at radius 3 is 2.50 bits per heavy atom. The van der Waals surface area contributed by atoms with Crippen molar-refractivity contribution in [2.45, 2.75) is 12.8 Å². The van der Waals surface area contributed by atoms with Crippen LogP contribution < -0.4 is 26.2 Å². The van der Waals surface area contributed by atoms with Crippen molar-refractivity contribution in [3.05, 3.63) is 46.3 Å². The maximum Gasteiger partial charge on any atom is 0.311 e. The van der Waals surface area contributed by atoms with Gasteiger partial charge in [0.1, 0.15) is 11.6 Å². The minimum absolute atomic E-state index is 0.0699. The lowest BCUT2D eigenvalue weighted by molar-refractivity contribution is -0.384. The Morgan fingerprint density at radius 1 is 1.16 bits per heavy atom. The molecular formula is C21H26FN7O3. The fraction of sp³-hybridized carbons (Fsp3) is 0.429. The van der Waals surface area contributed by atoms with Gasteiger partial charge in [-0.25, -0.2) is 9.37 Å². The minimum atomic E-state index is -0.509. The molecule has 0 unspecified atom stereocenters. The Hall–Kier alpha value is -3.47. The van der Waals surface area contributed by atoms with Crippen LogP contribution in [0, 0.1) is 21.8 Å². The van der Waals surface area contributed by atoms with Crippen LogP contribution in [0.2, 0.25) is 0 Å². The molecule has 0 saturated carbocycles. The fourth-order valence-electron chi connectivity index (χ4n) is 4.13. The van der Waals surface area contributed by atoms with Gasteiger partial charge >= 0.3 is 5.69 Å². The van der Waals surface area contributed by atoms with E-state index in [0.717, 1.165) is 26.2 Å². The normalized spacial score (nSPS) is 17.3. The molecule has 11 heteroatoms. The quantitative estimate of drug-likeness (QED) is 0.457. The number of aromatic nitrogens is 1. The van der Waals surface area contributed by atoms with Crippen molar-refractivity contribution in [3.63, 3.8) is 0 Å². The number of piperidine rings is 1. The molecular weight excluding hydrogens is 417 g/mol. The van der Waals surface area contributed by atoms with Crippen molar-refractivity contribution in [2.24, 2.45) is 11.7 Å². The van der Waals surface area contributed by atoms with Gasteiger partial charge in [-0.05, 0) is 37.1 Å². The number of anilines is 4. The lowest BCUT2D eigenvalue weighted by atomic mass is 9.96. The minimum Gasteiger partial charge on any atom is -0.369 e. The zero-order chi connectivity index (χ0) is 22.7. The van der Waals surface area contributed by atoms with E-state index in [1.807, 2.05) is 9.80 Å². The van der Waals surface area contributed by atoms with Crippen molar-refractivity contribution < 1.29 is 14.1 Å². The van der Waals surface area contributed by atoms with Gasteiger partial charge in [-0.1, -0.05) is 0 Å². The maximum absolute atomic E-state index is 14.9. The number of amides is 1. The zero-order valence-electron chi connectivity index (χ0n) is 17.6. The predicted octanol–water partition coefficient (Wildman–Crippen LogP) is 1.98. The van der Waals surface area contributed by atoms with Crippen molar-refractivity contribution in [2.75, 3.05) is 54.4 Å². The van der Waals surface area contributed by atoms with Crippen LogP contribution in [0.1, 0.15) is 12.8 Å². The Labute approximate surface area is 184 Å². The van der Waals surface area contributed by atoms with Crippen LogP contribution in [0.15, 0.2) is 30.3 Å². The van der Waals surface area contributed by atoms with Gasteiger partial charge in [0, 0.05) is 56.9 Å². The fourth-order valence-corrected chi connectivity index (χ4v) is 4.13. The Kier molecular flexibility index (Phi) is 6.35. The second-order valence-electron chi connectivity index (χ2n) is 7.99. The van der Waals surface area contributed by atoms with E-state index in [-0.39, 0.29) is 23.3 Å². The number of piperazine rings is 1. The highest BCUT2D eigenvalue weighted by Crippen LogP contribution is 2.32. The van der Waals surface area contributed by atoms with Gasteiger partial charge < -0.3 is 26.2 Å². The number of halogens is 1. The van der Waals surface area contributed by atoms with E-state index in [1.54, 1.807) is 18.2 Å². The first kappa shape index (κ1) is 21.8. The van der Waals surface area contributed by atoms with Crippen LogP contribution in [-0.4, -0.2) is 55.1 Å². The highest BCUT2D eigenvalue weighted by atomic mass is 19.1. The van der Waals surface area contributed by atoms with E-state index < -0.39 is 10.7 Å². The molecule has 0 atom stereocenters. The highest BCUT2D eigenvalue weighted by molar-refractivity contribution is 5.77.